The fourth-order valence-electron chi connectivity index (χ4n) is 5.18. The second kappa shape index (κ2) is 11.5. The van der Waals surface area contributed by atoms with Crippen LogP contribution in [-0.2, 0) is 22.6 Å². The second-order valence-corrected chi connectivity index (χ2v) is 10.3. The quantitative estimate of drug-likeness (QED) is 0.366. The number of carbonyl (C=O) groups excluding carboxylic acids is 2. The third-order valence-corrected chi connectivity index (χ3v) is 7.45. The van der Waals surface area contributed by atoms with Crippen LogP contribution < -0.4 is 10.1 Å². The number of amides is 2. The number of alkyl halides is 3. The fraction of sp³-hybridized carbons (Fsp3) is 0.448. The SMILES string of the molecule is COCCn1cc(C(=O)N2CCC(c3cc(CNC(=O)C(F)(F)F)ccc3F)CC2)c2c(OC3CC3)cccc21. The molecule has 1 aromatic heterocycles. The van der Waals surface area contributed by atoms with Gasteiger partial charge >= 0.3 is 12.1 Å². The summed E-state index contributed by atoms with van der Waals surface area (Å²) in [5, 5.41) is 2.59. The zero-order valence-electron chi connectivity index (χ0n) is 22.1. The van der Waals surface area contributed by atoms with Crippen LogP contribution in [0.2, 0.25) is 0 Å². The van der Waals surface area contributed by atoms with E-state index in [-0.39, 0.29) is 24.5 Å². The molecule has 1 N–H and O–H groups in total. The van der Waals surface area contributed by atoms with Crippen LogP contribution in [0.5, 0.6) is 5.75 Å². The van der Waals surface area contributed by atoms with Crippen molar-refractivity contribution < 1.29 is 36.6 Å². The summed E-state index contributed by atoms with van der Waals surface area (Å²) < 4.78 is 65.7. The van der Waals surface area contributed by atoms with Gasteiger partial charge in [-0.2, -0.15) is 13.2 Å². The highest BCUT2D eigenvalue weighted by molar-refractivity contribution is 6.09. The van der Waals surface area contributed by atoms with E-state index in [0.717, 1.165) is 23.7 Å². The Morgan fingerprint density at radius 1 is 1.07 bits per heavy atom. The Morgan fingerprint density at radius 3 is 2.50 bits per heavy atom. The molecule has 214 valence electrons. The monoisotopic (exact) mass is 561 g/mol. The molecule has 2 aliphatic rings. The molecule has 0 radical (unpaired) electrons. The van der Waals surface area contributed by atoms with Gasteiger partial charge in [-0.25, -0.2) is 4.39 Å². The van der Waals surface area contributed by atoms with Crippen molar-refractivity contribution in [3.05, 3.63) is 65.1 Å². The molecule has 0 unspecified atom stereocenters. The Hall–Kier alpha value is -3.60. The van der Waals surface area contributed by atoms with Crippen molar-refractivity contribution in [2.45, 2.75) is 57.0 Å². The van der Waals surface area contributed by atoms with Gasteiger partial charge in [0.2, 0.25) is 0 Å². The normalized spacial score (nSPS) is 16.4. The van der Waals surface area contributed by atoms with E-state index in [4.69, 9.17) is 9.47 Å². The summed E-state index contributed by atoms with van der Waals surface area (Å²) in [5.74, 6) is -2.15. The summed E-state index contributed by atoms with van der Waals surface area (Å²) in [7, 11) is 1.63. The number of rotatable bonds is 9. The molecular weight excluding hydrogens is 530 g/mol. The molecule has 1 saturated heterocycles. The van der Waals surface area contributed by atoms with Gasteiger partial charge in [0, 0.05) is 39.5 Å². The number of methoxy groups -OCH3 is 1. The number of benzene rings is 2. The van der Waals surface area contributed by atoms with Crippen molar-refractivity contribution in [2.24, 2.45) is 0 Å². The maximum absolute atomic E-state index is 14.7. The third kappa shape index (κ3) is 6.09. The Balaban J connectivity index is 1.31. The molecule has 0 atom stereocenters. The number of likely N-dealkylation sites (tertiary alicyclic amines) is 1. The van der Waals surface area contributed by atoms with E-state index in [1.54, 1.807) is 12.0 Å². The second-order valence-electron chi connectivity index (χ2n) is 10.3. The lowest BCUT2D eigenvalue weighted by Crippen LogP contribution is -2.38. The van der Waals surface area contributed by atoms with Crippen LogP contribution in [0.25, 0.3) is 10.9 Å². The summed E-state index contributed by atoms with van der Waals surface area (Å²) in [6.07, 6.45) is -0.00391. The molecule has 11 heteroatoms. The summed E-state index contributed by atoms with van der Waals surface area (Å²) in [5.41, 5.74) is 2.20. The summed E-state index contributed by atoms with van der Waals surface area (Å²) >= 11 is 0. The molecule has 1 aliphatic heterocycles. The lowest BCUT2D eigenvalue weighted by molar-refractivity contribution is -0.173. The molecule has 2 heterocycles. The van der Waals surface area contributed by atoms with Gasteiger partial charge in [-0.15, -0.1) is 0 Å². The van der Waals surface area contributed by atoms with Crippen LogP contribution in [0.4, 0.5) is 17.6 Å². The van der Waals surface area contributed by atoms with Crippen LogP contribution in [-0.4, -0.2) is 60.4 Å². The Bertz CT molecular complexity index is 1390. The van der Waals surface area contributed by atoms with E-state index in [9.17, 15) is 27.2 Å². The zero-order valence-corrected chi connectivity index (χ0v) is 22.1. The molecule has 5 rings (SSSR count). The van der Waals surface area contributed by atoms with E-state index >= 15 is 0 Å². The van der Waals surface area contributed by atoms with Crippen molar-refractivity contribution in [1.29, 1.82) is 0 Å². The molecule has 2 fully saturated rings. The van der Waals surface area contributed by atoms with E-state index in [0.29, 0.717) is 61.5 Å². The maximum Gasteiger partial charge on any atom is 0.471 e. The highest BCUT2D eigenvalue weighted by Gasteiger charge is 2.38. The van der Waals surface area contributed by atoms with Gasteiger partial charge in [-0.1, -0.05) is 18.2 Å². The smallest absolute Gasteiger partial charge is 0.471 e. The van der Waals surface area contributed by atoms with Crippen molar-refractivity contribution >= 4 is 22.7 Å². The van der Waals surface area contributed by atoms with E-state index < -0.39 is 17.9 Å². The van der Waals surface area contributed by atoms with Gasteiger partial charge in [-0.3, -0.25) is 9.59 Å². The Kier molecular flexibility index (Phi) is 8.02. The lowest BCUT2D eigenvalue weighted by atomic mass is 9.88. The molecule has 2 aromatic carbocycles. The first kappa shape index (κ1) is 27.9. The lowest BCUT2D eigenvalue weighted by Gasteiger charge is -2.32. The van der Waals surface area contributed by atoms with Gasteiger partial charge in [-0.05, 0) is 60.9 Å². The molecule has 7 nitrogen and oxygen atoms in total. The topological polar surface area (TPSA) is 72.8 Å². The Morgan fingerprint density at radius 2 is 1.82 bits per heavy atom. The largest absolute Gasteiger partial charge is 0.490 e. The highest BCUT2D eigenvalue weighted by Crippen LogP contribution is 2.37. The number of aromatic nitrogens is 1. The van der Waals surface area contributed by atoms with Crippen molar-refractivity contribution in [3.63, 3.8) is 0 Å². The van der Waals surface area contributed by atoms with Crippen LogP contribution in [0.3, 0.4) is 0 Å². The van der Waals surface area contributed by atoms with Gasteiger partial charge in [0.25, 0.3) is 5.91 Å². The molecule has 3 aromatic rings. The van der Waals surface area contributed by atoms with E-state index in [1.165, 1.54) is 18.2 Å². The minimum atomic E-state index is -4.98. The number of hydrogen-bond acceptors (Lipinski definition) is 4. The standard InChI is InChI=1S/C29H31F4N3O4/c1-39-14-13-36-17-22(26-24(36)3-2-4-25(26)40-20-6-7-20)27(37)35-11-9-19(10-12-35)21-15-18(5-8-23(21)30)16-34-28(38)29(31,32)33/h2-5,8,15,17,19-20H,6-7,9-14,16H2,1H3,(H,34,38). The number of fused-ring (bicyclic) bond motifs is 1. The molecular formula is C29H31F4N3O4. The number of nitrogens with zero attached hydrogens (tertiary/aromatic N) is 2. The number of ether oxygens (including phenoxy) is 2. The first-order valence-electron chi connectivity index (χ1n) is 13.4. The molecule has 1 aliphatic carbocycles. The number of piperidine rings is 1. The van der Waals surface area contributed by atoms with E-state index in [1.807, 2.05) is 34.3 Å². The average Bonchev–Trinajstić information content (AvgIpc) is 3.68. The maximum atomic E-state index is 14.7. The van der Waals surface area contributed by atoms with Crippen molar-refractivity contribution in [2.75, 3.05) is 26.8 Å². The minimum absolute atomic E-state index is 0.129. The summed E-state index contributed by atoms with van der Waals surface area (Å²) in [4.78, 5) is 26.7. The highest BCUT2D eigenvalue weighted by atomic mass is 19.4. The first-order valence-corrected chi connectivity index (χ1v) is 13.4. The molecule has 1 saturated carbocycles. The predicted octanol–water partition coefficient (Wildman–Crippen LogP) is 5.17. The van der Waals surface area contributed by atoms with Crippen LogP contribution in [0, 0.1) is 5.82 Å². The number of hydrogen-bond donors (Lipinski definition) is 1. The average molecular weight is 562 g/mol. The zero-order chi connectivity index (χ0) is 28.4. The molecule has 0 spiro atoms. The summed E-state index contributed by atoms with van der Waals surface area (Å²) in [6, 6.07) is 9.82. The Labute approximate surface area is 229 Å². The van der Waals surface area contributed by atoms with Crippen molar-refractivity contribution in [3.8, 4) is 5.75 Å². The van der Waals surface area contributed by atoms with E-state index in [2.05, 4.69) is 0 Å². The number of halogens is 4. The van der Waals surface area contributed by atoms with Gasteiger partial charge in [0.15, 0.2) is 0 Å². The predicted molar refractivity (Wildman–Crippen MR) is 140 cm³/mol. The molecule has 2 amide bonds. The fourth-order valence-corrected chi connectivity index (χ4v) is 5.18. The number of nitrogens with one attached hydrogen (secondary N) is 1. The van der Waals surface area contributed by atoms with Gasteiger partial charge in [0.05, 0.1) is 29.2 Å². The summed E-state index contributed by atoms with van der Waals surface area (Å²) in [6.45, 7) is 1.50. The van der Waals surface area contributed by atoms with Gasteiger partial charge < -0.3 is 24.3 Å². The first-order chi connectivity index (χ1) is 19.2. The van der Waals surface area contributed by atoms with Gasteiger partial charge in [0.1, 0.15) is 11.6 Å². The number of carbonyl (C=O) groups is 2. The molecule has 40 heavy (non-hydrogen) atoms. The minimum Gasteiger partial charge on any atom is -0.490 e. The third-order valence-electron chi connectivity index (χ3n) is 7.45. The van der Waals surface area contributed by atoms with Crippen LogP contribution in [0.1, 0.15) is 53.1 Å². The van der Waals surface area contributed by atoms with Crippen molar-refractivity contribution in [1.82, 2.24) is 14.8 Å². The molecule has 0 bridgehead atoms. The van der Waals surface area contributed by atoms with Crippen LogP contribution >= 0.6 is 0 Å². The van der Waals surface area contributed by atoms with Crippen LogP contribution in [0.15, 0.2) is 42.6 Å².